The summed E-state index contributed by atoms with van der Waals surface area (Å²) in [6.07, 6.45) is 2.76. The van der Waals surface area contributed by atoms with Crippen molar-refractivity contribution < 1.29 is 4.74 Å². The maximum atomic E-state index is 5.25. The third kappa shape index (κ3) is 2.74. The fourth-order valence-electron chi connectivity index (χ4n) is 1.55. The second-order valence-corrected chi connectivity index (χ2v) is 3.78. The molecule has 2 heterocycles. The summed E-state index contributed by atoms with van der Waals surface area (Å²) in [5.74, 6) is 1.47. The van der Waals surface area contributed by atoms with Gasteiger partial charge in [-0.1, -0.05) is 6.92 Å². The number of hydrogen-bond donors (Lipinski definition) is 1. The van der Waals surface area contributed by atoms with Crippen molar-refractivity contribution in [3.05, 3.63) is 30.5 Å². The predicted molar refractivity (Wildman–Crippen MR) is 70.6 cm³/mol. The molecule has 5 heteroatoms. The van der Waals surface area contributed by atoms with Gasteiger partial charge in [0.25, 0.3) is 0 Å². The zero-order valence-corrected chi connectivity index (χ0v) is 10.6. The number of nitrogens with one attached hydrogen (secondary N) is 1. The van der Waals surface area contributed by atoms with Crippen molar-refractivity contribution in [1.29, 1.82) is 0 Å². The zero-order valence-electron chi connectivity index (χ0n) is 10.6. The Kier molecular flexibility index (Phi) is 4.06. The lowest BCUT2D eigenvalue weighted by Crippen LogP contribution is -2.03. The molecule has 94 valence electrons. The van der Waals surface area contributed by atoms with Gasteiger partial charge in [0.2, 0.25) is 0 Å². The number of ether oxygens (including phenoxy) is 1. The van der Waals surface area contributed by atoms with E-state index in [0.29, 0.717) is 17.1 Å². The SMILES string of the molecule is CCCNc1ccc(-c2ncccc2OC)nn1. The van der Waals surface area contributed by atoms with E-state index in [-0.39, 0.29) is 0 Å². The van der Waals surface area contributed by atoms with Crippen LogP contribution in [0.1, 0.15) is 13.3 Å². The Hall–Kier alpha value is -2.17. The van der Waals surface area contributed by atoms with Crippen molar-refractivity contribution in [2.24, 2.45) is 0 Å². The first-order valence-corrected chi connectivity index (χ1v) is 5.92. The van der Waals surface area contributed by atoms with E-state index in [1.807, 2.05) is 24.3 Å². The Labute approximate surface area is 106 Å². The normalized spacial score (nSPS) is 10.1. The van der Waals surface area contributed by atoms with E-state index in [2.05, 4.69) is 27.4 Å². The first-order valence-electron chi connectivity index (χ1n) is 5.92. The van der Waals surface area contributed by atoms with Gasteiger partial charge in [-0.05, 0) is 30.7 Å². The summed E-state index contributed by atoms with van der Waals surface area (Å²) in [5.41, 5.74) is 1.41. The van der Waals surface area contributed by atoms with Crippen LogP contribution in [0.15, 0.2) is 30.5 Å². The monoisotopic (exact) mass is 244 g/mol. The Morgan fingerprint density at radius 1 is 1.22 bits per heavy atom. The molecule has 5 nitrogen and oxygen atoms in total. The summed E-state index contributed by atoms with van der Waals surface area (Å²) in [5, 5.41) is 11.4. The van der Waals surface area contributed by atoms with Crippen molar-refractivity contribution in [2.45, 2.75) is 13.3 Å². The maximum Gasteiger partial charge on any atom is 0.148 e. The van der Waals surface area contributed by atoms with Crippen LogP contribution in [0.25, 0.3) is 11.4 Å². The number of nitrogens with zero attached hydrogens (tertiary/aromatic N) is 3. The largest absolute Gasteiger partial charge is 0.494 e. The number of aromatic nitrogens is 3. The Bertz CT molecular complexity index is 499. The molecule has 0 amide bonds. The summed E-state index contributed by atoms with van der Waals surface area (Å²) in [7, 11) is 1.62. The smallest absolute Gasteiger partial charge is 0.148 e. The Morgan fingerprint density at radius 2 is 2.11 bits per heavy atom. The minimum atomic E-state index is 0.695. The van der Waals surface area contributed by atoms with Crippen molar-refractivity contribution in [2.75, 3.05) is 19.0 Å². The molecular formula is C13H16N4O. The predicted octanol–water partition coefficient (Wildman–Crippen LogP) is 2.37. The van der Waals surface area contributed by atoms with E-state index in [1.54, 1.807) is 13.3 Å². The van der Waals surface area contributed by atoms with Gasteiger partial charge >= 0.3 is 0 Å². The van der Waals surface area contributed by atoms with Crippen molar-refractivity contribution in [3.63, 3.8) is 0 Å². The molecule has 0 fully saturated rings. The van der Waals surface area contributed by atoms with Crippen molar-refractivity contribution in [1.82, 2.24) is 15.2 Å². The molecule has 0 aliphatic heterocycles. The lowest BCUT2D eigenvalue weighted by Gasteiger charge is -2.07. The topological polar surface area (TPSA) is 59.9 Å². The standard InChI is InChI=1S/C13H16N4O/c1-3-8-14-12-7-6-10(16-17-12)13-11(18-2)5-4-9-15-13/h4-7,9H,3,8H2,1-2H3,(H,14,17). The van der Waals surface area contributed by atoms with Gasteiger partial charge < -0.3 is 10.1 Å². The van der Waals surface area contributed by atoms with E-state index in [4.69, 9.17) is 4.74 Å². The van der Waals surface area contributed by atoms with Crippen molar-refractivity contribution in [3.8, 4) is 17.1 Å². The maximum absolute atomic E-state index is 5.25. The molecule has 18 heavy (non-hydrogen) atoms. The van der Waals surface area contributed by atoms with E-state index in [9.17, 15) is 0 Å². The molecule has 0 radical (unpaired) electrons. The number of rotatable bonds is 5. The van der Waals surface area contributed by atoms with Gasteiger partial charge in [0, 0.05) is 12.7 Å². The molecule has 0 aliphatic carbocycles. The third-order valence-electron chi connectivity index (χ3n) is 2.45. The van der Waals surface area contributed by atoms with Crippen LogP contribution in [0, 0.1) is 0 Å². The summed E-state index contributed by atoms with van der Waals surface area (Å²) in [6, 6.07) is 7.46. The van der Waals surface area contributed by atoms with Crippen LogP contribution in [0.2, 0.25) is 0 Å². The molecule has 0 aromatic carbocycles. The number of methoxy groups -OCH3 is 1. The second-order valence-electron chi connectivity index (χ2n) is 3.78. The first-order chi connectivity index (χ1) is 8.85. The van der Waals surface area contributed by atoms with Gasteiger partial charge in [0.1, 0.15) is 23.0 Å². The van der Waals surface area contributed by atoms with E-state index in [1.165, 1.54) is 0 Å². The zero-order chi connectivity index (χ0) is 12.8. The minimum Gasteiger partial charge on any atom is -0.494 e. The summed E-state index contributed by atoms with van der Waals surface area (Å²) in [6.45, 7) is 2.99. The molecule has 0 saturated carbocycles. The van der Waals surface area contributed by atoms with Gasteiger partial charge in [0.05, 0.1) is 7.11 Å². The van der Waals surface area contributed by atoms with Crippen LogP contribution in [0.3, 0.4) is 0 Å². The van der Waals surface area contributed by atoms with Crippen LogP contribution in [0.4, 0.5) is 5.82 Å². The number of pyridine rings is 1. The van der Waals surface area contributed by atoms with Gasteiger partial charge in [-0.3, -0.25) is 4.98 Å². The Morgan fingerprint density at radius 3 is 2.78 bits per heavy atom. The molecule has 2 aromatic rings. The van der Waals surface area contributed by atoms with Crippen LogP contribution in [-0.4, -0.2) is 28.8 Å². The van der Waals surface area contributed by atoms with E-state index in [0.717, 1.165) is 18.8 Å². The van der Waals surface area contributed by atoms with Gasteiger partial charge in [-0.2, -0.15) is 0 Å². The van der Waals surface area contributed by atoms with Crippen LogP contribution in [-0.2, 0) is 0 Å². The first kappa shape index (κ1) is 12.3. The third-order valence-corrected chi connectivity index (χ3v) is 2.45. The van der Waals surface area contributed by atoms with Crippen molar-refractivity contribution >= 4 is 5.82 Å². The van der Waals surface area contributed by atoms with E-state index >= 15 is 0 Å². The molecule has 2 rings (SSSR count). The number of hydrogen-bond acceptors (Lipinski definition) is 5. The molecular weight excluding hydrogens is 228 g/mol. The fraction of sp³-hybridized carbons (Fsp3) is 0.308. The van der Waals surface area contributed by atoms with Crippen LogP contribution in [0.5, 0.6) is 5.75 Å². The summed E-state index contributed by atoms with van der Waals surface area (Å²) < 4.78 is 5.25. The fourth-order valence-corrected chi connectivity index (χ4v) is 1.55. The molecule has 0 aliphatic rings. The van der Waals surface area contributed by atoms with Crippen LogP contribution < -0.4 is 10.1 Å². The second kappa shape index (κ2) is 5.95. The molecule has 2 aromatic heterocycles. The van der Waals surface area contributed by atoms with Crippen LogP contribution >= 0.6 is 0 Å². The minimum absolute atomic E-state index is 0.695. The number of anilines is 1. The molecule has 1 N–H and O–H groups in total. The summed E-state index contributed by atoms with van der Waals surface area (Å²) in [4.78, 5) is 4.26. The van der Waals surface area contributed by atoms with E-state index < -0.39 is 0 Å². The highest BCUT2D eigenvalue weighted by atomic mass is 16.5. The molecule has 0 saturated heterocycles. The van der Waals surface area contributed by atoms with Gasteiger partial charge in [-0.15, -0.1) is 10.2 Å². The molecule has 0 bridgehead atoms. The summed E-state index contributed by atoms with van der Waals surface area (Å²) >= 11 is 0. The molecule has 0 spiro atoms. The average molecular weight is 244 g/mol. The molecule has 0 unspecified atom stereocenters. The average Bonchev–Trinajstić information content (AvgIpc) is 2.45. The molecule has 0 atom stereocenters. The quantitative estimate of drug-likeness (QED) is 0.875. The lowest BCUT2D eigenvalue weighted by atomic mass is 10.2. The Balaban J connectivity index is 2.23. The van der Waals surface area contributed by atoms with Gasteiger partial charge in [-0.25, -0.2) is 0 Å². The highest BCUT2D eigenvalue weighted by molar-refractivity contribution is 5.62. The van der Waals surface area contributed by atoms with Gasteiger partial charge in [0.15, 0.2) is 0 Å². The lowest BCUT2D eigenvalue weighted by molar-refractivity contribution is 0.414. The highest BCUT2D eigenvalue weighted by Crippen LogP contribution is 2.25. The highest BCUT2D eigenvalue weighted by Gasteiger charge is 2.08.